The Morgan fingerprint density at radius 3 is 3.00 bits per heavy atom. The fourth-order valence-corrected chi connectivity index (χ4v) is 3.45. The van der Waals surface area contributed by atoms with Crippen molar-refractivity contribution in [2.75, 3.05) is 31.1 Å². The summed E-state index contributed by atoms with van der Waals surface area (Å²) in [6.07, 6.45) is 1.77. The Labute approximate surface area is 150 Å². The Balaban J connectivity index is 1.47. The van der Waals surface area contributed by atoms with Crippen molar-refractivity contribution in [3.05, 3.63) is 36.0 Å². The minimum absolute atomic E-state index is 0.00872. The zero-order valence-corrected chi connectivity index (χ0v) is 14.6. The zero-order chi connectivity index (χ0) is 18.1. The molecule has 2 aliphatic heterocycles. The van der Waals surface area contributed by atoms with Crippen LogP contribution in [0.3, 0.4) is 0 Å². The summed E-state index contributed by atoms with van der Waals surface area (Å²) in [7, 11) is 0. The van der Waals surface area contributed by atoms with Crippen LogP contribution in [0, 0.1) is 6.92 Å². The van der Waals surface area contributed by atoms with Crippen molar-refractivity contribution in [1.29, 1.82) is 0 Å². The second kappa shape index (κ2) is 6.78. The van der Waals surface area contributed by atoms with Gasteiger partial charge in [-0.15, -0.1) is 0 Å². The molecule has 2 amide bonds. The molecule has 2 aliphatic rings. The molecule has 1 aromatic heterocycles. The van der Waals surface area contributed by atoms with Gasteiger partial charge in [0.1, 0.15) is 12.3 Å². The highest BCUT2D eigenvalue weighted by Gasteiger charge is 2.32. The molecule has 1 fully saturated rings. The summed E-state index contributed by atoms with van der Waals surface area (Å²) < 4.78 is 10.7. The van der Waals surface area contributed by atoms with Crippen LogP contribution < -0.4 is 9.64 Å². The number of carbonyl (C=O) groups is 2. The normalized spacial score (nSPS) is 19.9. The van der Waals surface area contributed by atoms with Crippen LogP contribution in [0.1, 0.15) is 30.5 Å². The van der Waals surface area contributed by atoms with E-state index in [0.29, 0.717) is 36.2 Å². The van der Waals surface area contributed by atoms with Crippen LogP contribution in [0.15, 0.2) is 28.8 Å². The molecule has 2 aromatic rings. The molecule has 0 aliphatic carbocycles. The zero-order valence-electron chi connectivity index (χ0n) is 14.6. The molecule has 0 bridgehead atoms. The molecular formula is C18H20N4O4. The van der Waals surface area contributed by atoms with E-state index >= 15 is 0 Å². The lowest BCUT2D eigenvalue weighted by atomic mass is 9.98. The SMILES string of the molecule is Cc1noc(C2CCCN(C(=O)CN3C(=O)COc4ccccc43)C2)n1. The van der Waals surface area contributed by atoms with Crippen molar-refractivity contribution in [3.63, 3.8) is 0 Å². The van der Waals surface area contributed by atoms with Gasteiger partial charge in [0.2, 0.25) is 11.8 Å². The van der Waals surface area contributed by atoms with Gasteiger partial charge >= 0.3 is 0 Å². The number of para-hydroxylation sites is 2. The number of aryl methyl sites for hydroxylation is 1. The lowest BCUT2D eigenvalue weighted by Crippen LogP contribution is -2.48. The average Bonchev–Trinajstić information content (AvgIpc) is 3.10. The molecule has 0 radical (unpaired) electrons. The first kappa shape index (κ1) is 16.6. The summed E-state index contributed by atoms with van der Waals surface area (Å²) in [5.41, 5.74) is 0.637. The van der Waals surface area contributed by atoms with E-state index in [-0.39, 0.29) is 30.9 Å². The maximum absolute atomic E-state index is 12.8. The number of fused-ring (bicyclic) bond motifs is 1. The van der Waals surface area contributed by atoms with Crippen molar-refractivity contribution in [2.45, 2.75) is 25.7 Å². The lowest BCUT2D eigenvalue weighted by Gasteiger charge is -2.34. The van der Waals surface area contributed by atoms with Crippen LogP contribution in [-0.2, 0) is 9.59 Å². The predicted octanol–water partition coefficient (Wildman–Crippen LogP) is 1.51. The quantitative estimate of drug-likeness (QED) is 0.828. The molecule has 0 saturated carbocycles. The van der Waals surface area contributed by atoms with E-state index in [4.69, 9.17) is 9.26 Å². The van der Waals surface area contributed by atoms with Crippen molar-refractivity contribution in [2.24, 2.45) is 0 Å². The van der Waals surface area contributed by atoms with Gasteiger partial charge < -0.3 is 14.2 Å². The van der Waals surface area contributed by atoms with Crippen molar-refractivity contribution >= 4 is 17.5 Å². The molecule has 1 atom stereocenters. The number of ether oxygens (including phenoxy) is 1. The number of amides is 2. The monoisotopic (exact) mass is 356 g/mol. The molecule has 0 N–H and O–H groups in total. The largest absolute Gasteiger partial charge is 0.482 e. The fraction of sp³-hybridized carbons (Fsp3) is 0.444. The van der Waals surface area contributed by atoms with Gasteiger partial charge in [-0.25, -0.2) is 0 Å². The van der Waals surface area contributed by atoms with E-state index in [1.807, 2.05) is 12.1 Å². The highest BCUT2D eigenvalue weighted by Crippen LogP contribution is 2.32. The van der Waals surface area contributed by atoms with Gasteiger partial charge in [0.25, 0.3) is 5.91 Å². The molecule has 4 rings (SSSR count). The summed E-state index contributed by atoms with van der Waals surface area (Å²) in [6, 6.07) is 7.26. The topological polar surface area (TPSA) is 88.8 Å². The van der Waals surface area contributed by atoms with Crippen LogP contribution in [0.2, 0.25) is 0 Å². The molecule has 8 heteroatoms. The molecular weight excluding hydrogens is 336 g/mol. The van der Waals surface area contributed by atoms with Gasteiger partial charge in [-0.05, 0) is 31.9 Å². The average molecular weight is 356 g/mol. The van der Waals surface area contributed by atoms with Gasteiger partial charge in [-0.1, -0.05) is 17.3 Å². The molecule has 136 valence electrons. The summed E-state index contributed by atoms with van der Waals surface area (Å²) in [4.78, 5) is 32.7. The van der Waals surface area contributed by atoms with E-state index in [1.54, 1.807) is 24.0 Å². The van der Waals surface area contributed by atoms with E-state index < -0.39 is 0 Å². The Kier molecular flexibility index (Phi) is 4.32. The van der Waals surface area contributed by atoms with Crippen molar-refractivity contribution < 1.29 is 18.8 Å². The number of carbonyl (C=O) groups excluding carboxylic acids is 2. The molecule has 1 unspecified atom stereocenters. The third-order valence-electron chi connectivity index (χ3n) is 4.77. The number of nitrogens with zero attached hydrogens (tertiary/aromatic N) is 4. The van der Waals surface area contributed by atoms with Crippen LogP contribution in [0.25, 0.3) is 0 Å². The number of hydrogen-bond acceptors (Lipinski definition) is 6. The highest BCUT2D eigenvalue weighted by atomic mass is 16.5. The number of aromatic nitrogens is 2. The number of piperidine rings is 1. The lowest BCUT2D eigenvalue weighted by molar-refractivity contribution is -0.133. The summed E-state index contributed by atoms with van der Waals surface area (Å²) in [5, 5.41) is 3.83. The fourth-order valence-electron chi connectivity index (χ4n) is 3.45. The second-order valence-corrected chi connectivity index (χ2v) is 6.60. The Morgan fingerprint density at radius 1 is 1.35 bits per heavy atom. The Hall–Kier alpha value is -2.90. The van der Waals surface area contributed by atoms with Gasteiger partial charge in [0.05, 0.1) is 11.6 Å². The number of rotatable bonds is 3. The van der Waals surface area contributed by atoms with E-state index in [0.717, 1.165) is 12.8 Å². The van der Waals surface area contributed by atoms with Gasteiger partial charge in [0.15, 0.2) is 12.4 Å². The minimum Gasteiger partial charge on any atom is -0.482 e. The molecule has 3 heterocycles. The summed E-state index contributed by atoms with van der Waals surface area (Å²) >= 11 is 0. The van der Waals surface area contributed by atoms with Crippen LogP contribution in [0.5, 0.6) is 5.75 Å². The molecule has 1 aromatic carbocycles. The molecule has 26 heavy (non-hydrogen) atoms. The van der Waals surface area contributed by atoms with E-state index in [2.05, 4.69) is 10.1 Å². The first-order valence-corrected chi connectivity index (χ1v) is 8.72. The van der Waals surface area contributed by atoms with Crippen molar-refractivity contribution in [1.82, 2.24) is 15.0 Å². The third-order valence-corrected chi connectivity index (χ3v) is 4.77. The van der Waals surface area contributed by atoms with Crippen LogP contribution in [0.4, 0.5) is 5.69 Å². The highest BCUT2D eigenvalue weighted by molar-refractivity contribution is 6.02. The number of likely N-dealkylation sites (tertiary alicyclic amines) is 1. The van der Waals surface area contributed by atoms with Crippen molar-refractivity contribution in [3.8, 4) is 5.75 Å². The van der Waals surface area contributed by atoms with Gasteiger partial charge in [-0.3, -0.25) is 14.5 Å². The Morgan fingerprint density at radius 2 is 2.19 bits per heavy atom. The predicted molar refractivity (Wildman–Crippen MR) is 91.9 cm³/mol. The number of anilines is 1. The van der Waals surface area contributed by atoms with Gasteiger partial charge in [0, 0.05) is 13.1 Å². The summed E-state index contributed by atoms with van der Waals surface area (Å²) in [5.74, 6) is 1.54. The third kappa shape index (κ3) is 3.14. The molecule has 8 nitrogen and oxygen atoms in total. The van der Waals surface area contributed by atoms with Gasteiger partial charge in [-0.2, -0.15) is 4.98 Å². The maximum atomic E-state index is 12.8. The van der Waals surface area contributed by atoms with Crippen LogP contribution in [-0.4, -0.2) is 53.1 Å². The summed E-state index contributed by atoms with van der Waals surface area (Å²) in [6.45, 7) is 2.94. The Bertz CT molecular complexity index is 834. The standard InChI is InChI=1S/C18H20N4O4/c1-12-19-18(26-20-12)13-5-4-8-21(9-13)16(23)10-22-14-6-2-3-7-15(14)25-11-17(22)24/h2-3,6-7,13H,4-5,8-11H2,1H3. The maximum Gasteiger partial charge on any atom is 0.265 e. The first-order chi connectivity index (χ1) is 12.6. The minimum atomic E-state index is -0.210. The number of hydrogen-bond donors (Lipinski definition) is 0. The first-order valence-electron chi connectivity index (χ1n) is 8.72. The van der Waals surface area contributed by atoms with Crippen LogP contribution >= 0.6 is 0 Å². The van der Waals surface area contributed by atoms with E-state index in [1.165, 1.54) is 4.90 Å². The van der Waals surface area contributed by atoms with E-state index in [9.17, 15) is 9.59 Å². The smallest absolute Gasteiger partial charge is 0.265 e. The second-order valence-electron chi connectivity index (χ2n) is 6.60. The molecule has 0 spiro atoms. The molecule has 1 saturated heterocycles. The number of benzene rings is 1.